The molecule has 0 aliphatic carbocycles. The van der Waals surface area contributed by atoms with Gasteiger partial charge in [0.1, 0.15) is 18.0 Å². The highest BCUT2D eigenvalue weighted by Crippen LogP contribution is 2.21. The molecular weight excluding hydrogens is 451 g/mol. The summed E-state index contributed by atoms with van der Waals surface area (Å²) in [6.45, 7) is 8.92. The van der Waals surface area contributed by atoms with Crippen LogP contribution in [0.5, 0.6) is 5.75 Å². The summed E-state index contributed by atoms with van der Waals surface area (Å²) in [5.74, 6) is 0.194. The molecule has 33 heavy (non-hydrogen) atoms. The topological polar surface area (TPSA) is 102 Å². The highest BCUT2D eigenvalue weighted by atomic mass is 32.2. The molecule has 0 radical (unpaired) electrons. The van der Waals surface area contributed by atoms with Crippen LogP contribution >= 0.6 is 0 Å². The van der Waals surface area contributed by atoms with Gasteiger partial charge in [-0.1, -0.05) is 6.07 Å². The smallest absolute Gasteiger partial charge is 0.410 e. The summed E-state index contributed by atoms with van der Waals surface area (Å²) in [5, 5.41) is 0. The minimum atomic E-state index is -3.48. The molecule has 1 aromatic heterocycles. The van der Waals surface area contributed by atoms with E-state index in [9.17, 15) is 17.6 Å². The van der Waals surface area contributed by atoms with Crippen molar-refractivity contribution in [3.05, 3.63) is 42.0 Å². The van der Waals surface area contributed by atoms with E-state index < -0.39 is 21.3 Å². The Hall–Kier alpha value is -2.95. The van der Waals surface area contributed by atoms with E-state index in [4.69, 9.17) is 9.47 Å². The predicted octanol–water partition coefficient (Wildman–Crippen LogP) is 3.04. The fourth-order valence-electron chi connectivity index (χ4n) is 3.32. The van der Waals surface area contributed by atoms with E-state index >= 15 is 0 Å². The van der Waals surface area contributed by atoms with Crippen LogP contribution in [0.3, 0.4) is 0 Å². The Morgan fingerprint density at radius 1 is 1.21 bits per heavy atom. The van der Waals surface area contributed by atoms with E-state index in [-0.39, 0.29) is 29.2 Å². The van der Waals surface area contributed by atoms with Crippen LogP contribution in [0.15, 0.2) is 35.5 Å². The number of benzene rings is 1. The number of amides is 1. The molecule has 3 rings (SSSR count). The lowest BCUT2D eigenvalue weighted by molar-refractivity contribution is 0.0218. The van der Waals surface area contributed by atoms with Crippen molar-refractivity contribution in [1.82, 2.24) is 14.9 Å². The number of carbonyl (C=O) groups is 1. The third-order valence-electron chi connectivity index (χ3n) is 5.00. The van der Waals surface area contributed by atoms with Gasteiger partial charge < -0.3 is 19.3 Å². The Labute approximate surface area is 193 Å². The average molecular weight is 481 g/mol. The molecule has 1 atom stereocenters. The third-order valence-corrected chi connectivity index (χ3v) is 6.11. The first-order valence-electron chi connectivity index (χ1n) is 10.5. The maximum atomic E-state index is 14.2. The molecule has 0 spiro atoms. The van der Waals surface area contributed by atoms with E-state index in [1.165, 1.54) is 24.5 Å². The van der Waals surface area contributed by atoms with Gasteiger partial charge in [-0.3, -0.25) is 0 Å². The monoisotopic (exact) mass is 480 g/mol. The fraction of sp³-hybridized carbons (Fsp3) is 0.500. The number of nitrogens with zero attached hydrogens (tertiary/aromatic N) is 4. The number of piperazine rings is 1. The number of anilines is 1. The van der Waals surface area contributed by atoms with E-state index in [2.05, 4.69) is 9.97 Å². The summed E-state index contributed by atoms with van der Waals surface area (Å²) in [4.78, 5) is 24.6. The summed E-state index contributed by atoms with van der Waals surface area (Å²) in [7, 11) is -3.48. The number of hydrogen-bond acceptors (Lipinski definition) is 8. The molecule has 180 valence electrons. The lowest BCUT2D eigenvalue weighted by atomic mass is 10.2. The lowest BCUT2D eigenvalue weighted by Gasteiger charge is -2.40. The van der Waals surface area contributed by atoms with E-state index in [1.54, 1.807) is 4.90 Å². The highest BCUT2D eigenvalue weighted by molar-refractivity contribution is 7.90. The van der Waals surface area contributed by atoms with Gasteiger partial charge in [0, 0.05) is 37.5 Å². The normalized spacial score (nSPS) is 17.1. The van der Waals surface area contributed by atoms with Crippen LogP contribution < -0.4 is 9.64 Å². The molecule has 1 aromatic carbocycles. The summed E-state index contributed by atoms with van der Waals surface area (Å²) in [6.07, 6.45) is 3.68. The summed E-state index contributed by atoms with van der Waals surface area (Å²) in [6, 6.07) is 3.69. The van der Waals surface area contributed by atoms with Gasteiger partial charge in [0.25, 0.3) is 0 Å². The van der Waals surface area contributed by atoms with Crippen LogP contribution in [0.4, 0.5) is 15.1 Å². The van der Waals surface area contributed by atoms with Crippen molar-refractivity contribution in [2.24, 2.45) is 0 Å². The average Bonchev–Trinajstić information content (AvgIpc) is 2.71. The van der Waals surface area contributed by atoms with Crippen molar-refractivity contribution in [1.29, 1.82) is 0 Å². The second-order valence-electron chi connectivity index (χ2n) is 9.00. The van der Waals surface area contributed by atoms with Crippen LogP contribution in [0.25, 0.3) is 0 Å². The zero-order chi connectivity index (χ0) is 24.4. The second kappa shape index (κ2) is 9.50. The molecule has 2 heterocycles. The number of halogens is 1. The van der Waals surface area contributed by atoms with Crippen molar-refractivity contribution < 1.29 is 27.1 Å². The van der Waals surface area contributed by atoms with Gasteiger partial charge in [0.05, 0.1) is 17.3 Å². The molecule has 0 unspecified atom stereocenters. The number of hydrogen-bond donors (Lipinski definition) is 0. The van der Waals surface area contributed by atoms with Crippen LogP contribution in [0, 0.1) is 5.82 Å². The second-order valence-corrected chi connectivity index (χ2v) is 11.0. The van der Waals surface area contributed by atoms with Gasteiger partial charge in [-0.05, 0) is 39.8 Å². The molecule has 0 bridgehead atoms. The number of rotatable bonds is 5. The first kappa shape index (κ1) is 24.7. The molecule has 1 saturated heterocycles. The SMILES string of the molecule is C[C@@H]1CN(C(=O)OC(C)(C)C)CCN1c1ncc(OCc2ccc(S(C)(=O)=O)cc2F)cn1. The molecule has 1 aliphatic heterocycles. The van der Waals surface area contributed by atoms with Crippen LogP contribution in [0.2, 0.25) is 0 Å². The Balaban J connectivity index is 1.58. The van der Waals surface area contributed by atoms with Crippen molar-refractivity contribution >= 4 is 21.9 Å². The summed E-state index contributed by atoms with van der Waals surface area (Å²) >= 11 is 0. The lowest BCUT2D eigenvalue weighted by Crippen LogP contribution is -2.55. The molecular formula is C22H29FN4O5S. The largest absolute Gasteiger partial charge is 0.486 e. The molecule has 0 N–H and O–H groups in total. The molecule has 1 fully saturated rings. The van der Waals surface area contributed by atoms with Crippen LogP contribution in [-0.4, -0.2) is 66.9 Å². The quantitative estimate of drug-likeness (QED) is 0.644. The number of aromatic nitrogens is 2. The van der Waals surface area contributed by atoms with Gasteiger partial charge in [-0.25, -0.2) is 27.6 Å². The Bertz CT molecular complexity index is 1100. The predicted molar refractivity (Wildman–Crippen MR) is 120 cm³/mol. The van der Waals surface area contributed by atoms with Gasteiger partial charge in [0.15, 0.2) is 15.6 Å². The Morgan fingerprint density at radius 3 is 2.42 bits per heavy atom. The molecule has 11 heteroatoms. The van der Waals surface area contributed by atoms with E-state index in [0.29, 0.717) is 31.3 Å². The van der Waals surface area contributed by atoms with Crippen LogP contribution in [-0.2, 0) is 21.2 Å². The van der Waals surface area contributed by atoms with Crippen molar-refractivity contribution in [2.45, 2.75) is 50.8 Å². The standard InChI is InChI=1S/C22H29FN4O5S/c1-15-13-26(21(28)32-22(2,3)4)8-9-27(15)20-24-11-17(12-25-20)31-14-16-6-7-18(10-19(16)23)33(5,29)30/h6-7,10-12,15H,8-9,13-14H2,1-5H3/t15-/m1/s1. The molecule has 2 aromatic rings. The highest BCUT2D eigenvalue weighted by Gasteiger charge is 2.30. The maximum absolute atomic E-state index is 14.2. The first-order valence-corrected chi connectivity index (χ1v) is 12.4. The molecule has 1 aliphatic rings. The van der Waals surface area contributed by atoms with Crippen LogP contribution in [0.1, 0.15) is 33.3 Å². The van der Waals surface area contributed by atoms with E-state index in [0.717, 1.165) is 12.3 Å². The third kappa shape index (κ3) is 6.53. The van der Waals surface area contributed by atoms with Gasteiger partial charge in [-0.15, -0.1) is 0 Å². The van der Waals surface area contributed by atoms with Gasteiger partial charge >= 0.3 is 6.09 Å². The van der Waals surface area contributed by atoms with Crippen molar-refractivity contribution in [2.75, 3.05) is 30.8 Å². The number of ether oxygens (including phenoxy) is 2. The van der Waals surface area contributed by atoms with Crippen molar-refractivity contribution in [3.63, 3.8) is 0 Å². The minimum absolute atomic E-state index is 0.0134. The first-order chi connectivity index (χ1) is 15.3. The van der Waals surface area contributed by atoms with Gasteiger partial charge in [-0.2, -0.15) is 0 Å². The number of sulfone groups is 1. The Morgan fingerprint density at radius 2 is 1.88 bits per heavy atom. The van der Waals surface area contributed by atoms with E-state index in [1.807, 2.05) is 32.6 Å². The zero-order valence-corrected chi connectivity index (χ0v) is 20.2. The number of carbonyl (C=O) groups excluding carboxylic acids is 1. The minimum Gasteiger partial charge on any atom is -0.486 e. The molecule has 1 amide bonds. The summed E-state index contributed by atoms with van der Waals surface area (Å²) in [5.41, 5.74) is -0.326. The van der Waals surface area contributed by atoms with Crippen molar-refractivity contribution in [3.8, 4) is 5.75 Å². The summed E-state index contributed by atoms with van der Waals surface area (Å²) < 4.78 is 48.2. The Kier molecular flexibility index (Phi) is 7.11. The maximum Gasteiger partial charge on any atom is 0.410 e. The zero-order valence-electron chi connectivity index (χ0n) is 19.4. The molecule has 0 saturated carbocycles. The van der Waals surface area contributed by atoms with Gasteiger partial charge in [0.2, 0.25) is 5.95 Å². The molecule has 9 nitrogen and oxygen atoms in total. The fourth-order valence-corrected chi connectivity index (χ4v) is 3.95.